The molecule has 156 valence electrons. The van der Waals surface area contributed by atoms with E-state index < -0.39 is 46.3 Å². The third-order valence-electron chi connectivity index (χ3n) is 3.32. The summed E-state index contributed by atoms with van der Waals surface area (Å²) in [6, 6.07) is 6.22. The topological polar surface area (TPSA) is 85.0 Å². The Morgan fingerprint density at radius 2 is 1.83 bits per heavy atom. The molecular weight excluding hydrogens is 478 g/mol. The lowest BCUT2D eigenvalue weighted by Crippen LogP contribution is -2.45. The molecule has 1 N–H and O–H groups in total. The molecule has 0 amide bonds. The number of benzene rings is 2. The maximum atomic E-state index is 13.5. The number of nitro groups is 1. The van der Waals surface area contributed by atoms with Crippen LogP contribution in [0.15, 0.2) is 45.9 Å². The third kappa shape index (κ3) is 5.37. The highest BCUT2D eigenvalue weighted by Gasteiger charge is 2.59. The van der Waals surface area contributed by atoms with E-state index in [0.717, 1.165) is 36.5 Å². The number of nitrogens with zero attached hydrogens (tertiary/aromatic N) is 2. The van der Waals surface area contributed by atoms with Crippen LogP contribution in [0, 0.1) is 10.1 Å². The van der Waals surface area contributed by atoms with Gasteiger partial charge in [-0.25, -0.2) is 4.39 Å². The van der Waals surface area contributed by atoms with Gasteiger partial charge < -0.3 is 9.84 Å². The molecule has 1 atom stereocenters. The lowest BCUT2D eigenvalue weighted by atomic mass is 10.2. The molecule has 0 saturated carbocycles. The summed E-state index contributed by atoms with van der Waals surface area (Å²) in [5.74, 6) is -1.35. The Morgan fingerprint density at radius 3 is 2.41 bits per heavy atom. The number of aromatic hydroxyl groups is 1. The standard InChI is InChI=1S/C16H9BrF6N2O4/c17-10-6-9(25(27)28)5-8(13(10)26)7-24-11-3-1-2-4-12(11)29-16(22,23)14(18)15(19,20)21/h1-7,14,26H/t14-/m0/s1. The fraction of sp³-hybridized carbons (Fsp3) is 0.188. The minimum absolute atomic E-state index is 0.0605. The molecule has 2 aromatic rings. The number of rotatable bonds is 6. The monoisotopic (exact) mass is 486 g/mol. The summed E-state index contributed by atoms with van der Waals surface area (Å²) in [5.41, 5.74) is -1.08. The molecule has 0 spiro atoms. The van der Waals surface area contributed by atoms with Crippen molar-refractivity contribution in [3.8, 4) is 11.5 Å². The highest BCUT2D eigenvalue weighted by Crippen LogP contribution is 2.39. The average Bonchev–Trinajstić information content (AvgIpc) is 2.62. The highest BCUT2D eigenvalue weighted by atomic mass is 79.9. The predicted octanol–water partition coefficient (Wildman–Crippen LogP) is 5.69. The molecule has 13 heteroatoms. The molecule has 6 nitrogen and oxygen atoms in total. The van der Waals surface area contributed by atoms with Gasteiger partial charge in [-0.3, -0.25) is 15.1 Å². The van der Waals surface area contributed by atoms with E-state index in [1.807, 2.05) is 0 Å². The summed E-state index contributed by atoms with van der Waals surface area (Å²) in [4.78, 5) is 13.8. The van der Waals surface area contributed by atoms with Gasteiger partial charge in [-0.15, -0.1) is 0 Å². The molecule has 29 heavy (non-hydrogen) atoms. The van der Waals surface area contributed by atoms with E-state index in [1.54, 1.807) is 0 Å². The maximum Gasteiger partial charge on any atom is 0.439 e. The number of nitro benzene ring substituents is 1. The Labute approximate surface area is 166 Å². The van der Waals surface area contributed by atoms with Crippen LogP contribution in [0.1, 0.15) is 5.56 Å². The number of hydrogen-bond donors (Lipinski definition) is 1. The van der Waals surface area contributed by atoms with Gasteiger partial charge in [0.05, 0.1) is 9.40 Å². The van der Waals surface area contributed by atoms with Crippen molar-refractivity contribution in [3.05, 3.63) is 56.5 Å². The normalized spacial score (nSPS) is 13.5. The molecule has 0 fully saturated rings. The van der Waals surface area contributed by atoms with E-state index in [4.69, 9.17) is 0 Å². The Hall–Kier alpha value is -2.83. The first-order chi connectivity index (χ1) is 13.3. The smallest absolute Gasteiger partial charge is 0.439 e. The molecule has 0 saturated heterocycles. The lowest BCUT2D eigenvalue weighted by molar-refractivity contribution is -0.385. The van der Waals surface area contributed by atoms with Gasteiger partial charge in [0.15, 0.2) is 5.75 Å². The summed E-state index contributed by atoms with van der Waals surface area (Å²) in [7, 11) is 0. The van der Waals surface area contributed by atoms with Crippen molar-refractivity contribution in [2.45, 2.75) is 18.5 Å². The number of alkyl halides is 6. The molecule has 2 rings (SSSR count). The summed E-state index contributed by atoms with van der Waals surface area (Å²) in [6.45, 7) is 0. The van der Waals surface area contributed by atoms with Crippen LogP contribution in [0.3, 0.4) is 0 Å². The van der Waals surface area contributed by atoms with Crippen LogP contribution >= 0.6 is 15.9 Å². The molecule has 0 aliphatic carbocycles. The Balaban J connectivity index is 2.39. The quantitative estimate of drug-likeness (QED) is 0.246. The van der Waals surface area contributed by atoms with Crippen LogP contribution in [-0.4, -0.2) is 34.7 Å². The largest absolute Gasteiger partial charge is 0.506 e. The minimum Gasteiger partial charge on any atom is -0.506 e. The van der Waals surface area contributed by atoms with Gasteiger partial charge in [0.2, 0.25) is 0 Å². The van der Waals surface area contributed by atoms with Gasteiger partial charge in [0.1, 0.15) is 11.4 Å². The van der Waals surface area contributed by atoms with Crippen molar-refractivity contribution in [2.75, 3.05) is 0 Å². The molecule has 2 aromatic carbocycles. The van der Waals surface area contributed by atoms with Gasteiger partial charge in [-0.05, 0) is 28.1 Å². The van der Waals surface area contributed by atoms with Gasteiger partial charge in [-0.2, -0.15) is 22.0 Å². The Morgan fingerprint density at radius 1 is 1.21 bits per heavy atom. The zero-order valence-corrected chi connectivity index (χ0v) is 15.4. The van der Waals surface area contributed by atoms with Crippen LogP contribution in [0.4, 0.5) is 37.7 Å². The van der Waals surface area contributed by atoms with Gasteiger partial charge in [0.25, 0.3) is 11.9 Å². The zero-order valence-electron chi connectivity index (χ0n) is 13.8. The van der Waals surface area contributed by atoms with Crippen LogP contribution in [-0.2, 0) is 0 Å². The molecule has 0 aliphatic rings. The molecule has 0 bridgehead atoms. The van der Waals surface area contributed by atoms with E-state index in [9.17, 15) is 41.6 Å². The molecule has 0 heterocycles. The lowest BCUT2D eigenvalue weighted by Gasteiger charge is -2.23. The first kappa shape index (κ1) is 22.5. The van der Waals surface area contributed by atoms with Crippen molar-refractivity contribution in [2.24, 2.45) is 4.99 Å². The fourth-order valence-corrected chi connectivity index (χ4v) is 2.45. The first-order valence-corrected chi connectivity index (χ1v) is 8.20. The number of ether oxygens (including phenoxy) is 1. The second kappa shape index (κ2) is 8.27. The molecule has 0 unspecified atom stereocenters. The number of aliphatic imine (C=N–C) groups is 1. The van der Waals surface area contributed by atoms with Crippen LogP contribution < -0.4 is 4.74 Å². The number of halogens is 7. The third-order valence-corrected chi connectivity index (χ3v) is 3.93. The number of para-hydroxylation sites is 2. The van der Waals surface area contributed by atoms with Crippen LogP contribution in [0.25, 0.3) is 0 Å². The van der Waals surface area contributed by atoms with Gasteiger partial charge in [0, 0.05) is 23.9 Å². The van der Waals surface area contributed by atoms with E-state index in [1.165, 1.54) is 6.07 Å². The molecule has 0 aliphatic heterocycles. The van der Waals surface area contributed by atoms with Crippen molar-refractivity contribution in [3.63, 3.8) is 0 Å². The van der Waals surface area contributed by atoms with Crippen molar-refractivity contribution >= 4 is 33.5 Å². The first-order valence-electron chi connectivity index (χ1n) is 7.40. The van der Waals surface area contributed by atoms with E-state index in [0.29, 0.717) is 0 Å². The van der Waals surface area contributed by atoms with Crippen molar-refractivity contribution < 1.29 is 41.1 Å². The number of phenolic OH excluding ortho intramolecular Hbond substituents is 1. The minimum atomic E-state index is -5.86. The zero-order chi connectivity index (χ0) is 22.0. The number of non-ortho nitro benzene ring substituents is 1. The van der Waals surface area contributed by atoms with Gasteiger partial charge >= 0.3 is 12.3 Å². The van der Waals surface area contributed by atoms with Crippen LogP contribution in [0.5, 0.6) is 11.5 Å². The maximum absolute atomic E-state index is 13.5. The second-order valence-corrected chi connectivity index (χ2v) is 6.27. The van der Waals surface area contributed by atoms with E-state index in [-0.39, 0.29) is 10.0 Å². The molecular formula is C16H9BrF6N2O4. The van der Waals surface area contributed by atoms with Crippen LogP contribution in [0.2, 0.25) is 0 Å². The summed E-state index contributed by atoms with van der Waals surface area (Å²) >= 11 is 2.89. The van der Waals surface area contributed by atoms with Crippen molar-refractivity contribution in [1.29, 1.82) is 0 Å². The SMILES string of the molecule is O=[N+]([O-])c1cc(Br)c(O)c(C=Nc2ccccc2OC(F)(F)[C@@H](F)C(F)(F)F)c1. The summed E-state index contributed by atoms with van der Waals surface area (Å²) in [6.07, 6.45) is -14.8. The summed E-state index contributed by atoms with van der Waals surface area (Å²) in [5, 5.41) is 20.8. The fourth-order valence-electron chi connectivity index (χ4n) is 1.99. The number of phenols is 1. The highest BCUT2D eigenvalue weighted by molar-refractivity contribution is 9.10. The number of hydrogen-bond acceptors (Lipinski definition) is 5. The van der Waals surface area contributed by atoms with E-state index in [2.05, 4.69) is 25.7 Å². The average molecular weight is 487 g/mol. The van der Waals surface area contributed by atoms with E-state index >= 15 is 0 Å². The Bertz CT molecular complexity index is 951. The Kier molecular flexibility index (Phi) is 6.40. The molecule has 0 aromatic heterocycles. The molecule has 0 radical (unpaired) electrons. The second-order valence-electron chi connectivity index (χ2n) is 5.42. The van der Waals surface area contributed by atoms with Crippen molar-refractivity contribution in [1.82, 2.24) is 0 Å². The summed E-state index contributed by atoms with van der Waals surface area (Å²) < 4.78 is 80.6. The van der Waals surface area contributed by atoms with Gasteiger partial charge in [-0.1, -0.05) is 12.1 Å². The predicted molar refractivity (Wildman–Crippen MR) is 92.7 cm³/mol.